The second-order valence-corrected chi connectivity index (χ2v) is 24.7. The Morgan fingerprint density at radius 2 is 0.730 bits per heavy atom. The lowest BCUT2D eigenvalue weighted by Gasteiger charge is -2.37. The summed E-state index contributed by atoms with van der Waals surface area (Å²) in [6.07, 6.45) is 5.92. The van der Waals surface area contributed by atoms with E-state index in [1.54, 1.807) is 60.7 Å². The van der Waals surface area contributed by atoms with E-state index in [9.17, 15) is 67.1 Å². The fourth-order valence-electron chi connectivity index (χ4n) is 10.4. The standard InChI is InChI=1S/C72H108N12O27/c85-59(73-45-62(88)75-48-65(91)81-57(43-53-7-3-1-4-8-53)71(99)77-47-64(90)79-52-111-51-70(97)98)17-23-101-30-35-107-39-41-109-37-33-104-26-20-83(56-13-11-55(12-14-56)80-61(87)19-25-103-29-32-106-28-22-84-67(93)15-16-68(84)94)21-27-105-34-38-110-42-40-108-36-31-102-24-18-60(86)74-46-63(89)76-49-66(92)82-58(72(100)78-50-69(95)96)44-54-9-5-2-6-10-54/h1-10,15-16,55-58H,11-14,17-52H2,(H,73,85)(H,74,86)(H,75,88)(H,76,89)(H,77,99)(H,78,100)(H,79,90)(H,80,87)(H,81,91)(H,82,92)(H,95,96)(H,97,98)/t55?,56?,57-,58-/m0/s1. The van der Waals surface area contributed by atoms with Crippen LogP contribution in [0.4, 0.5) is 0 Å². The largest absolute Gasteiger partial charge is 0.480 e. The molecule has 0 aromatic heterocycles. The summed E-state index contributed by atoms with van der Waals surface area (Å²) in [7, 11) is 0. The van der Waals surface area contributed by atoms with Gasteiger partial charge in [0.25, 0.3) is 11.8 Å². The summed E-state index contributed by atoms with van der Waals surface area (Å²) < 4.78 is 61.1. The third kappa shape index (κ3) is 47.3. The van der Waals surface area contributed by atoms with Gasteiger partial charge in [0.05, 0.1) is 171 Å². The number of aliphatic carboxylic acids is 2. The number of hydrogen-bond donors (Lipinski definition) is 12. The first kappa shape index (κ1) is 93.9. The molecular weight excluding hydrogens is 1460 g/mol. The van der Waals surface area contributed by atoms with Crippen LogP contribution < -0.4 is 53.2 Å². The number of ether oxygens (including phenoxy) is 11. The molecule has 1 aliphatic carbocycles. The molecule has 111 heavy (non-hydrogen) atoms. The summed E-state index contributed by atoms with van der Waals surface area (Å²) in [4.78, 5) is 174. The Morgan fingerprint density at radius 3 is 1.14 bits per heavy atom. The highest BCUT2D eigenvalue weighted by Gasteiger charge is 2.29. The number of imide groups is 1. The lowest BCUT2D eigenvalue weighted by molar-refractivity contribution is -0.143. The van der Waals surface area contributed by atoms with Crippen molar-refractivity contribution in [3.05, 3.63) is 83.9 Å². The van der Waals surface area contributed by atoms with E-state index in [4.69, 9.17) is 62.3 Å². The lowest BCUT2D eigenvalue weighted by atomic mass is 9.90. The first-order chi connectivity index (χ1) is 53.7. The van der Waals surface area contributed by atoms with Gasteiger partial charge < -0.3 is 115 Å². The number of carboxylic acids is 2. The number of nitrogens with one attached hydrogen (secondary N) is 10. The SMILES string of the molecule is O=C(O)CNC(=O)[C@H](Cc1ccccc1)NC(=O)CNC(=O)CNC(=O)CCOCCOCCOCCOCCN(CCOCCOCCOCCOCCC(=O)NCC(=O)NCC(=O)N[C@@H](Cc1ccccc1)C(=O)NCC(=O)NCOCC(=O)O)C1CCC(NC(=O)CCOCCOCCN2C(=O)C=CC2=O)CC1. The molecule has 0 spiro atoms. The Labute approximate surface area is 643 Å². The summed E-state index contributed by atoms with van der Waals surface area (Å²) in [5, 5.41) is 42.3. The number of carbonyl (C=O) groups is 14. The highest BCUT2D eigenvalue weighted by Crippen LogP contribution is 2.23. The maximum atomic E-state index is 13.0. The van der Waals surface area contributed by atoms with Crippen LogP contribution >= 0.6 is 0 Å². The molecule has 618 valence electrons. The van der Waals surface area contributed by atoms with Crippen LogP contribution in [0.5, 0.6) is 0 Å². The molecule has 4 rings (SSSR count). The number of carbonyl (C=O) groups excluding carboxylic acids is 12. The lowest BCUT2D eigenvalue weighted by Crippen LogP contribution is -2.52. The second-order valence-electron chi connectivity index (χ2n) is 24.7. The maximum absolute atomic E-state index is 13.0. The van der Waals surface area contributed by atoms with Gasteiger partial charge in [-0.25, -0.2) is 4.79 Å². The van der Waals surface area contributed by atoms with Gasteiger partial charge in [-0.1, -0.05) is 60.7 Å². The van der Waals surface area contributed by atoms with Crippen molar-refractivity contribution in [2.45, 2.75) is 82.0 Å². The molecule has 12 amide bonds. The van der Waals surface area contributed by atoms with E-state index >= 15 is 0 Å². The van der Waals surface area contributed by atoms with Gasteiger partial charge in [-0.15, -0.1) is 0 Å². The molecule has 2 atom stereocenters. The van der Waals surface area contributed by atoms with Gasteiger partial charge >= 0.3 is 11.9 Å². The molecule has 1 saturated carbocycles. The molecule has 2 aromatic rings. The van der Waals surface area contributed by atoms with Crippen LogP contribution in [-0.2, 0) is 132 Å². The number of hydrogen-bond acceptors (Lipinski definition) is 26. The first-order valence-corrected chi connectivity index (χ1v) is 36.7. The zero-order chi connectivity index (χ0) is 80.3. The average molecular weight is 1570 g/mol. The van der Waals surface area contributed by atoms with Crippen LogP contribution in [0.15, 0.2) is 72.8 Å². The van der Waals surface area contributed by atoms with Gasteiger partial charge in [0.1, 0.15) is 32.0 Å². The predicted molar refractivity (Wildman–Crippen MR) is 390 cm³/mol. The molecular formula is C72H108N12O27. The summed E-state index contributed by atoms with van der Waals surface area (Å²) in [6.45, 7) is 2.71. The number of carboxylic acid groups (broad SMARTS) is 2. The van der Waals surface area contributed by atoms with E-state index in [1.165, 1.54) is 12.2 Å². The third-order valence-corrected chi connectivity index (χ3v) is 16.1. The number of rotatable bonds is 65. The Morgan fingerprint density at radius 1 is 0.378 bits per heavy atom. The van der Waals surface area contributed by atoms with Gasteiger partial charge in [-0.05, 0) is 36.8 Å². The van der Waals surface area contributed by atoms with Crippen molar-refractivity contribution < 1.29 is 129 Å². The molecule has 0 bridgehead atoms. The van der Waals surface area contributed by atoms with Gasteiger partial charge in [0.2, 0.25) is 59.1 Å². The average Bonchev–Trinajstić information content (AvgIpc) is 1.54. The zero-order valence-corrected chi connectivity index (χ0v) is 62.5. The Balaban J connectivity index is 1.03. The topological polar surface area (TPSA) is 508 Å². The van der Waals surface area contributed by atoms with Gasteiger partial charge in [-0.2, -0.15) is 0 Å². The van der Waals surface area contributed by atoms with Crippen molar-refractivity contribution in [3.63, 3.8) is 0 Å². The Hall–Kier alpha value is -9.52. The number of amides is 12. The van der Waals surface area contributed by atoms with E-state index in [-0.39, 0.29) is 141 Å². The normalized spacial score (nSPS) is 14.4. The highest BCUT2D eigenvalue weighted by atomic mass is 16.6. The van der Waals surface area contributed by atoms with E-state index < -0.39 is 130 Å². The zero-order valence-electron chi connectivity index (χ0n) is 62.5. The summed E-state index contributed by atoms with van der Waals surface area (Å²) >= 11 is 0. The van der Waals surface area contributed by atoms with Crippen LogP contribution in [0, 0.1) is 0 Å². The fourth-order valence-corrected chi connectivity index (χ4v) is 10.4. The smallest absolute Gasteiger partial charge is 0.329 e. The first-order valence-electron chi connectivity index (χ1n) is 36.7. The van der Waals surface area contributed by atoms with Crippen molar-refractivity contribution in [3.8, 4) is 0 Å². The fraction of sp³-hybridized carbons (Fsp3) is 0.611. The van der Waals surface area contributed by atoms with Crippen LogP contribution in [0.3, 0.4) is 0 Å². The van der Waals surface area contributed by atoms with Crippen LogP contribution in [-0.4, -0.2) is 331 Å². The van der Waals surface area contributed by atoms with Crippen LogP contribution in [0.1, 0.15) is 56.1 Å². The molecule has 12 N–H and O–H groups in total. The summed E-state index contributed by atoms with van der Waals surface area (Å²) in [5.41, 5.74) is 1.42. The van der Waals surface area contributed by atoms with E-state index in [2.05, 4.69) is 58.1 Å². The van der Waals surface area contributed by atoms with Crippen molar-refractivity contribution >= 4 is 82.8 Å². The quantitative estimate of drug-likeness (QED) is 0.0168. The summed E-state index contributed by atoms with van der Waals surface area (Å²) in [6, 6.07) is 15.5. The minimum Gasteiger partial charge on any atom is -0.480 e. The molecule has 0 radical (unpaired) electrons. The maximum Gasteiger partial charge on any atom is 0.329 e. The number of nitrogens with zero attached hydrogens (tertiary/aromatic N) is 2. The van der Waals surface area contributed by atoms with Crippen molar-refractivity contribution in [1.82, 2.24) is 63.0 Å². The molecule has 2 aromatic carbocycles. The molecule has 1 heterocycles. The molecule has 39 heteroatoms. The monoisotopic (exact) mass is 1570 g/mol. The minimum absolute atomic E-state index is 0.0155. The van der Waals surface area contributed by atoms with E-state index in [1.807, 2.05) is 0 Å². The molecule has 1 aliphatic heterocycles. The van der Waals surface area contributed by atoms with Crippen molar-refractivity contribution in [2.24, 2.45) is 0 Å². The molecule has 39 nitrogen and oxygen atoms in total. The van der Waals surface area contributed by atoms with Gasteiger partial charge in [0, 0.05) is 69.4 Å². The summed E-state index contributed by atoms with van der Waals surface area (Å²) in [5.74, 6) is -9.05. The van der Waals surface area contributed by atoms with Gasteiger partial charge in [0.15, 0.2) is 0 Å². The van der Waals surface area contributed by atoms with Crippen LogP contribution in [0.2, 0.25) is 0 Å². The predicted octanol–water partition coefficient (Wildman–Crippen LogP) is -4.61. The molecule has 2 aliphatic rings. The van der Waals surface area contributed by atoms with E-state index in [0.29, 0.717) is 83.7 Å². The van der Waals surface area contributed by atoms with Crippen molar-refractivity contribution in [2.75, 3.05) is 204 Å². The van der Waals surface area contributed by atoms with E-state index in [0.717, 1.165) is 30.6 Å². The number of benzene rings is 2. The van der Waals surface area contributed by atoms with Crippen LogP contribution in [0.25, 0.3) is 0 Å². The van der Waals surface area contributed by atoms with Crippen molar-refractivity contribution in [1.29, 1.82) is 0 Å². The Bertz CT molecular complexity index is 3150. The molecule has 1 fully saturated rings. The third-order valence-electron chi connectivity index (χ3n) is 16.1. The van der Waals surface area contributed by atoms with Gasteiger partial charge in [-0.3, -0.25) is 72.1 Å². The second kappa shape index (κ2) is 59.3. The highest BCUT2D eigenvalue weighted by molar-refractivity contribution is 6.12. The molecule has 0 unspecified atom stereocenters. The minimum atomic E-state index is -1.25. The Kier molecular flexibility index (Phi) is 50.2. The molecule has 0 saturated heterocycles.